The van der Waals surface area contributed by atoms with Gasteiger partial charge in [-0.15, -0.1) is 0 Å². The Bertz CT molecular complexity index is 409. The standard InChI is InChI=1S/C12H15Cl2NO2/c1-3-11(12(16)17)15(4-2)8-5-6-9(13)10(14)7-8/h5-7,11H,3-4H2,1-2H3,(H,16,17)/t11-/m0/s1. The van der Waals surface area contributed by atoms with Gasteiger partial charge in [0.05, 0.1) is 10.0 Å². The van der Waals surface area contributed by atoms with Crippen LogP contribution in [0.1, 0.15) is 20.3 Å². The molecule has 0 heterocycles. The number of carboxylic acids is 1. The summed E-state index contributed by atoms with van der Waals surface area (Å²) in [6, 6.07) is 4.61. The van der Waals surface area contributed by atoms with Gasteiger partial charge in [-0.1, -0.05) is 30.1 Å². The van der Waals surface area contributed by atoms with Crippen molar-refractivity contribution in [3.05, 3.63) is 28.2 Å². The number of carbonyl (C=O) groups is 1. The monoisotopic (exact) mass is 275 g/mol. The molecule has 0 amide bonds. The molecule has 0 spiro atoms. The zero-order valence-electron chi connectivity index (χ0n) is 9.78. The fourth-order valence-electron chi connectivity index (χ4n) is 1.77. The van der Waals surface area contributed by atoms with Gasteiger partial charge in [0.1, 0.15) is 6.04 Å². The van der Waals surface area contributed by atoms with Crippen LogP contribution in [0.25, 0.3) is 0 Å². The second kappa shape index (κ2) is 6.12. The highest BCUT2D eigenvalue weighted by Gasteiger charge is 2.23. The summed E-state index contributed by atoms with van der Waals surface area (Å²) in [5.41, 5.74) is 0.774. The molecule has 1 aromatic carbocycles. The lowest BCUT2D eigenvalue weighted by atomic mass is 10.1. The fraction of sp³-hybridized carbons (Fsp3) is 0.417. The zero-order valence-corrected chi connectivity index (χ0v) is 11.3. The van der Waals surface area contributed by atoms with E-state index in [1.54, 1.807) is 23.1 Å². The molecule has 17 heavy (non-hydrogen) atoms. The van der Waals surface area contributed by atoms with E-state index in [2.05, 4.69) is 0 Å². The number of carboxylic acid groups (broad SMARTS) is 1. The van der Waals surface area contributed by atoms with Gasteiger partial charge in [-0.25, -0.2) is 4.79 Å². The first-order chi connectivity index (χ1) is 8.01. The topological polar surface area (TPSA) is 40.5 Å². The minimum absolute atomic E-state index is 0.433. The Morgan fingerprint density at radius 3 is 2.41 bits per heavy atom. The van der Waals surface area contributed by atoms with Crippen molar-refractivity contribution in [1.82, 2.24) is 0 Å². The zero-order chi connectivity index (χ0) is 13.0. The van der Waals surface area contributed by atoms with Crippen LogP contribution in [0.4, 0.5) is 5.69 Å². The molecule has 0 saturated heterocycles. The Morgan fingerprint density at radius 1 is 1.35 bits per heavy atom. The van der Waals surface area contributed by atoms with Crippen molar-refractivity contribution in [3.8, 4) is 0 Å². The number of rotatable bonds is 5. The van der Waals surface area contributed by atoms with Gasteiger partial charge in [0.2, 0.25) is 0 Å². The molecule has 1 N–H and O–H groups in total. The van der Waals surface area contributed by atoms with Gasteiger partial charge >= 0.3 is 5.97 Å². The average molecular weight is 276 g/mol. The van der Waals surface area contributed by atoms with Crippen molar-refractivity contribution in [3.63, 3.8) is 0 Å². The number of hydrogen-bond donors (Lipinski definition) is 1. The summed E-state index contributed by atoms with van der Waals surface area (Å²) in [6.45, 7) is 4.36. The van der Waals surface area contributed by atoms with Crippen molar-refractivity contribution in [2.24, 2.45) is 0 Å². The summed E-state index contributed by atoms with van der Waals surface area (Å²) in [7, 11) is 0. The number of hydrogen-bond acceptors (Lipinski definition) is 2. The van der Waals surface area contributed by atoms with E-state index >= 15 is 0 Å². The van der Waals surface area contributed by atoms with Crippen LogP contribution in [0.2, 0.25) is 10.0 Å². The maximum atomic E-state index is 11.2. The van der Waals surface area contributed by atoms with Crippen LogP contribution in [0.3, 0.4) is 0 Å². The largest absolute Gasteiger partial charge is 0.480 e. The van der Waals surface area contributed by atoms with Crippen LogP contribution >= 0.6 is 23.2 Å². The number of anilines is 1. The molecule has 0 saturated carbocycles. The van der Waals surface area contributed by atoms with E-state index in [9.17, 15) is 4.79 Å². The molecule has 1 aromatic rings. The van der Waals surface area contributed by atoms with E-state index in [0.717, 1.165) is 5.69 Å². The van der Waals surface area contributed by atoms with Crippen LogP contribution < -0.4 is 4.90 Å². The summed E-state index contributed by atoms with van der Waals surface area (Å²) in [6.07, 6.45) is 0.531. The molecule has 94 valence electrons. The summed E-state index contributed by atoms with van der Waals surface area (Å²) >= 11 is 11.8. The Morgan fingerprint density at radius 2 is 2.00 bits per heavy atom. The maximum absolute atomic E-state index is 11.2. The second-order valence-electron chi connectivity index (χ2n) is 3.65. The fourth-order valence-corrected chi connectivity index (χ4v) is 2.07. The van der Waals surface area contributed by atoms with Crippen LogP contribution in [-0.2, 0) is 4.79 Å². The van der Waals surface area contributed by atoms with Gasteiger partial charge in [-0.3, -0.25) is 0 Å². The maximum Gasteiger partial charge on any atom is 0.326 e. The molecule has 0 fully saturated rings. The molecule has 0 aliphatic carbocycles. The highest BCUT2D eigenvalue weighted by Crippen LogP contribution is 2.28. The van der Waals surface area contributed by atoms with Gasteiger partial charge in [0.25, 0.3) is 0 Å². The first-order valence-corrected chi connectivity index (χ1v) is 6.21. The minimum Gasteiger partial charge on any atom is -0.480 e. The van der Waals surface area contributed by atoms with Crippen molar-refractivity contribution in [2.75, 3.05) is 11.4 Å². The molecular formula is C12H15Cl2NO2. The molecule has 1 atom stereocenters. The lowest BCUT2D eigenvalue weighted by molar-refractivity contribution is -0.138. The smallest absolute Gasteiger partial charge is 0.326 e. The molecule has 3 nitrogen and oxygen atoms in total. The summed E-state index contributed by atoms with van der Waals surface area (Å²) in [4.78, 5) is 13.0. The number of aliphatic carboxylic acids is 1. The minimum atomic E-state index is -0.833. The highest BCUT2D eigenvalue weighted by atomic mass is 35.5. The molecule has 0 bridgehead atoms. The predicted octanol–water partition coefficient (Wildman–Crippen LogP) is 3.68. The lowest BCUT2D eigenvalue weighted by Gasteiger charge is -2.29. The molecule has 5 heteroatoms. The highest BCUT2D eigenvalue weighted by molar-refractivity contribution is 6.42. The van der Waals surface area contributed by atoms with Crippen molar-refractivity contribution in [2.45, 2.75) is 26.3 Å². The number of halogens is 2. The third kappa shape index (κ3) is 3.27. The van der Waals surface area contributed by atoms with Crippen molar-refractivity contribution >= 4 is 34.9 Å². The molecule has 1 rings (SSSR count). The van der Waals surface area contributed by atoms with E-state index in [1.165, 1.54) is 0 Å². The van der Waals surface area contributed by atoms with Crippen LogP contribution in [-0.4, -0.2) is 23.7 Å². The number of likely N-dealkylation sites (N-methyl/N-ethyl adjacent to an activating group) is 1. The third-order valence-corrected chi connectivity index (χ3v) is 3.36. The van der Waals surface area contributed by atoms with Crippen molar-refractivity contribution in [1.29, 1.82) is 0 Å². The molecule has 0 aliphatic rings. The average Bonchev–Trinajstić information content (AvgIpc) is 2.29. The first-order valence-electron chi connectivity index (χ1n) is 5.45. The number of nitrogens with zero attached hydrogens (tertiary/aromatic N) is 1. The molecule has 0 aliphatic heterocycles. The normalized spacial score (nSPS) is 12.2. The number of benzene rings is 1. The van der Waals surface area contributed by atoms with Crippen molar-refractivity contribution < 1.29 is 9.90 Å². The summed E-state index contributed by atoms with van der Waals surface area (Å²) in [5.74, 6) is -0.833. The Hall–Kier alpha value is -0.930. The Kier molecular flexibility index (Phi) is 5.09. The summed E-state index contributed by atoms with van der Waals surface area (Å²) < 4.78 is 0. The summed E-state index contributed by atoms with van der Waals surface area (Å²) in [5, 5.41) is 10.1. The Labute approximate surface area is 111 Å². The van der Waals surface area contributed by atoms with E-state index in [-0.39, 0.29) is 0 Å². The third-order valence-electron chi connectivity index (χ3n) is 2.62. The van der Waals surface area contributed by atoms with Gasteiger partial charge in [0, 0.05) is 12.2 Å². The van der Waals surface area contributed by atoms with E-state index in [1.807, 2.05) is 13.8 Å². The van der Waals surface area contributed by atoms with E-state index < -0.39 is 12.0 Å². The van der Waals surface area contributed by atoms with E-state index in [4.69, 9.17) is 28.3 Å². The molecule has 0 aromatic heterocycles. The predicted molar refractivity (Wildman–Crippen MR) is 71.2 cm³/mol. The van der Waals surface area contributed by atoms with Gasteiger partial charge in [-0.2, -0.15) is 0 Å². The molecular weight excluding hydrogens is 261 g/mol. The second-order valence-corrected chi connectivity index (χ2v) is 4.46. The van der Waals surface area contributed by atoms with Crippen LogP contribution in [0.5, 0.6) is 0 Å². The quantitative estimate of drug-likeness (QED) is 0.891. The van der Waals surface area contributed by atoms with Gasteiger partial charge < -0.3 is 10.0 Å². The van der Waals surface area contributed by atoms with Crippen LogP contribution in [0, 0.1) is 0 Å². The first kappa shape index (κ1) is 14.1. The Balaban J connectivity index is 3.08. The van der Waals surface area contributed by atoms with Crippen LogP contribution in [0.15, 0.2) is 18.2 Å². The lowest BCUT2D eigenvalue weighted by Crippen LogP contribution is -2.40. The van der Waals surface area contributed by atoms with Gasteiger partial charge in [-0.05, 0) is 31.5 Å². The van der Waals surface area contributed by atoms with Gasteiger partial charge in [0.15, 0.2) is 0 Å². The van der Waals surface area contributed by atoms with E-state index in [0.29, 0.717) is 23.0 Å². The molecule has 0 unspecified atom stereocenters. The molecule has 0 radical (unpaired) electrons. The SMILES string of the molecule is CC[C@@H](C(=O)O)N(CC)c1ccc(Cl)c(Cl)c1.